The number of hydrogen-bond donors (Lipinski definition) is 2. The maximum absolute atomic E-state index is 7.55. The van der Waals surface area contributed by atoms with Crippen molar-refractivity contribution in [3.63, 3.8) is 0 Å². The van der Waals surface area contributed by atoms with Gasteiger partial charge in [0.15, 0.2) is 0 Å². The molecular weight excluding hydrogens is 302 g/mol. The molecule has 0 bridgehead atoms. The number of nitrogens with zero attached hydrogens (tertiary/aromatic N) is 1. The van der Waals surface area contributed by atoms with Gasteiger partial charge in [0.25, 0.3) is 0 Å². The normalized spacial score (nSPS) is 11.8. The summed E-state index contributed by atoms with van der Waals surface area (Å²) < 4.78 is 1.16. The van der Waals surface area contributed by atoms with Gasteiger partial charge in [-0.15, -0.1) is 0 Å². The van der Waals surface area contributed by atoms with E-state index in [0.717, 1.165) is 30.4 Å². The van der Waals surface area contributed by atoms with Gasteiger partial charge in [-0.25, -0.2) is 0 Å². The Morgan fingerprint density at radius 1 is 1.37 bits per heavy atom. The van der Waals surface area contributed by atoms with Crippen LogP contribution in [0.15, 0.2) is 28.7 Å². The van der Waals surface area contributed by atoms with E-state index < -0.39 is 0 Å². The summed E-state index contributed by atoms with van der Waals surface area (Å²) in [5.41, 5.74) is 6.71. The molecule has 0 fully saturated rings. The first-order valence-electron chi connectivity index (χ1n) is 6.59. The minimum atomic E-state index is -0.186. The fourth-order valence-electron chi connectivity index (χ4n) is 1.92. The van der Waals surface area contributed by atoms with Crippen molar-refractivity contribution in [2.45, 2.75) is 33.2 Å². The highest BCUT2D eigenvalue weighted by Crippen LogP contribution is 2.22. The molecule has 1 aromatic rings. The van der Waals surface area contributed by atoms with Crippen molar-refractivity contribution in [1.82, 2.24) is 4.90 Å². The topological polar surface area (TPSA) is 53.1 Å². The van der Waals surface area contributed by atoms with Crippen molar-refractivity contribution in [3.05, 3.63) is 34.3 Å². The molecule has 19 heavy (non-hydrogen) atoms. The minimum absolute atomic E-state index is 0.186. The van der Waals surface area contributed by atoms with Crippen LogP contribution in [0.5, 0.6) is 0 Å². The van der Waals surface area contributed by atoms with Gasteiger partial charge >= 0.3 is 0 Å². The molecule has 3 nitrogen and oxygen atoms in total. The van der Waals surface area contributed by atoms with Crippen LogP contribution >= 0.6 is 15.9 Å². The standard InChI is InChI=1S/C15H24BrN3/c1-15(2,14(17)18)9-6-10-19(3)11-12-7-4-5-8-13(12)16/h4-5,7-8H,6,9-11H2,1-3H3,(H3,17,18). The summed E-state index contributed by atoms with van der Waals surface area (Å²) >= 11 is 3.57. The predicted molar refractivity (Wildman–Crippen MR) is 85.4 cm³/mol. The molecule has 0 unspecified atom stereocenters. The Morgan fingerprint density at radius 3 is 2.58 bits per heavy atom. The van der Waals surface area contributed by atoms with Crippen LogP contribution in [-0.4, -0.2) is 24.3 Å². The van der Waals surface area contributed by atoms with Crippen LogP contribution in [0.1, 0.15) is 32.3 Å². The van der Waals surface area contributed by atoms with Gasteiger partial charge in [0.2, 0.25) is 0 Å². The molecule has 0 saturated heterocycles. The molecule has 0 radical (unpaired) electrons. The monoisotopic (exact) mass is 325 g/mol. The van der Waals surface area contributed by atoms with Crippen molar-refractivity contribution < 1.29 is 0 Å². The van der Waals surface area contributed by atoms with E-state index in [4.69, 9.17) is 11.1 Å². The Labute approximate surface area is 124 Å². The van der Waals surface area contributed by atoms with Crippen LogP contribution in [0.3, 0.4) is 0 Å². The first-order valence-corrected chi connectivity index (χ1v) is 7.38. The summed E-state index contributed by atoms with van der Waals surface area (Å²) in [6.07, 6.45) is 2.00. The maximum Gasteiger partial charge on any atom is 0.0963 e. The second-order valence-electron chi connectivity index (χ2n) is 5.73. The Hall–Kier alpha value is -0.870. The van der Waals surface area contributed by atoms with Gasteiger partial charge < -0.3 is 10.6 Å². The van der Waals surface area contributed by atoms with Crippen molar-refractivity contribution in [2.75, 3.05) is 13.6 Å². The molecule has 0 aliphatic heterocycles. The van der Waals surface area contributed by atoms with E-state index in [1.54, 1.807) is 0 Å². The van der Waals surface area contributed by atoms with E-state index >= 15 is 0 Å². The molecule has 3 N–H and O–H groups in total. The van der Waals surface area contributed by atoms with E-state index in [9.17, 15) is 0 Å². The number of halogens is 1. The van der Waals surface area contributed by atoms with Gasteiger partial charge in [0, 0.05) is 16.4 Å². The van der Waals surface area contributed by atoms with Gasteiger partial charge in [-0.1, -0.05) is 48.0 Å². The highest BCUT2D eigenvalue weighted by molar-refractivity contribution is 9.10. The first-order chi connectivity index (χ1) is 8.83. The van der Waals surface area contributed by atoms with E-state index in [1.165, 1.54) is 5.56 Å². The lowest BCUT2D eigenvalue weighted by Crippen LogP contribution is -2.31. The fourth-order valence-corrected chi connectivity index (χ4v) is 2.33. The average Bonchev–Trinajstić information content (AvgIpc) is 2.31. The Morgan fingerprint density at radius 2 is 2.00 bits per heavy atom. The number of nitrogens with one attached hydrogen (secondary N) is 1. The molecule has 0 aromatic heterocycles. The quantitative estimate of drug-likeness (QED) is 0.594. The average molecular weight is 326 g/mol. The SMILES string of the molecule is CN(CCCC(C)(C)C(=N)N)Cc1ccccc1Br. The van der Waals surface area contributed by atoms with Crippen molar-refractivity contribution in [3.8, 4) is 0 Å². The third-order valence-corrected chi connectivity index (χ3v) is 4.24. The van der Waals surface area contributed by atoms with Gasteiger partial charge in [-0.3, -0.25) is 5.41 Å². The van der Waals surface area contributed by atoms with Gasteiger partial charge in [-0.05, 0) is 38.1 Å². The van der Waals surface area contributed by atoms with Gasteiger partial charge in [0.1, 0.15) is 0 Å². The summed E-state index contributed by atoms with van der Waals surface area (Å²) in [6.45, 7) is 6.01. The van der Waals surface area contributed by atoms with Crippen molar-refractivity contribution in [1.29, 1.82) is 5.41 Å². The van der Waals surface area contributed by atoms with Crippen LogP contribution in [0.2, 0.25) is 0 Å². The molecule has 0 atom stereocenters. The molecule has 1 aromatic carbocycles. The third-order valence-electron chi connectivity index (χ3n) is 3.47. The smallest absolute Gasteiger partial charge is 0.0963 e. The van der Waals surface area contributed by atoms with E-state index in [-0.39, 0.29) is 11.3 Å². The third kappa shape index (κ3) is 5.33. The summed E-state index contributed by atoms with van der Waals surface area (Å²) in [7, 11) is 2.13. The van der Waals surface area contributed by atoms with E-state index in [2.05, 4.69) is 46.1 Å². The lowest BCUT2D eigenvalue weighted by molar-refractivity contribution is 0.300. The number of rotatable bonds is 7. The zero-order chi connectivity index (χ0) is 14.5. The second kappa shape index (κ2) is 7.06. The zero-order valence-corrected chi connectivity index (χ0v) is 13.6. The highest BCUT2D eigenvalue weighted by Gasteiger charge is 2.20. The fraction of sp³-hybridized carbons (Fsp3) is 0.533. The number of nitrogens with two attached hydrogens (primary N) is 1. The summed E-state index contributed by atoms with van der Waals surface area (Å²) in [4.78, 5) is 2.30. The predicted octanol–water partition coefficient (Wildman–Crippen LogP) is 3.62. The number of hydrogen-bond acceptors (Lipinski definition) is 2. The highest BCUT2D eigenvalue weighted by atomic mass is 79.9. The van der Waals surface area contributed by atoms with E-state index in [1.807, 2.05) is 19.9 Å². The number of amidine groups is 1. The molecule has 0 aliphatic rings. The van der Waals surface area contributed by atoms with Crippen molar-refractivity contribution in [2.24, 2.45) is 11.1 Å². The summed E-state index contributed by atoms with van der Waals surface area (Å²) in [5.74, 6) is 0.279. The van der Waals surface area contributed by atoms with Crippen molar-refractivity contribution >= 4 is 21.8 Å². The zero-order valence-electron chi connectivity index (χ0n) is 12.0. The molecule has 0 heterocycles. The molecule has 0 saturated carbocycles. The summed E-state index contributed by atoms with van der Waals surface area (Å²) in [6, 6.07) is 8.30. The molecule has 0 aliphatic carbocycles. The Balaban J connectivity index is 2.39. The van der Waals surface area contributed by atoms with Crippen LogP contribution in [0.4, 0.5) is 0 Å². The molecule has 1 rings (SSSR count). The van der Waals surface area contributed by atoms with Gasteiger partial charge in [0.05, 0.1) is 5.84 Å². The van der Waals surface area contributed by atoms with E-state index in [0.29, 0.717) is 0 Å². The van der Waals surface area contributed by atoms with Gasteiger partial charge in [-0.2, -0.15) is 0 Å². The lowest BCUT2D eigenvalue weighted by Gasteiger charge is -2.24. The Kier molecular flexibility index (Phi) is 6.01. The van der Waals surface area contributed by atoms with Crippen LogP contribution in [-0.2, 0) is 6.54 Å². The molecule has 106 valence electrons. The molecule has 0 spiro atoms. The minimum Gasteiger partial charge on any atom is -0.387 e. The van der Waals surface area contributed by atoms with Crippen LogP contribution < -0.4 is 5.73 Å². The van der Waals surface area contributed by atoms with Crippen LogP contribution in [0, 0.1) is 10.8 Å². The number of benzene rings is 1. The lowest BCUT2D eigenvalue weighted by atomic mass is 9.86. The summed E-state index contributed by atoms with van der Waals surface area (Å²) in [5, 5.41) is 7.55. The largest absolute Gasteiger partial charge is 0.387 e. The Bertz CT molecular complexity index is 429. The first kappa shape index (κ1) is 16.2. The van der Waals surface area contributed by atoms with Crippen LogP contribution in [0.25, 0.3) is 0 Å². The molecular formula is C15H24BrN3. The maximum atomic E-state index is 7.55. The molecule has 0 amide bonds. The second-order valence-corrected chi connectivity index (χ2v) is 6.58. The molecule has 4 heteroatoms.